The number of hydrogen-bond donors (Lipinski definition) is 0. The molecule has 2 amide bonds. The van der Waals surface area contributed by atoms with E-state index in [0.29, 0.717) is 26.4 Å². The number of halogens is 3. The van der Waals surface area contributed by atoms with Crippen molar-refractivity contribution in [1.29, 1.82) is 0 Å². The molecule has 38 heavy (non-hydrogen) atoms. The van der Waals surface area contributed by atoms with Crippen molar-refractivity contribution in [2.45, 2.75) is 13.2 Å². The van der Waals surface area contributed by atoms with E-state index >= 15 is 0 Å². The van der Waals surface area contributed by atoms with Crippen LogP contribution in [0, 0.1) is 3.57 Å². The lowest BCUT2D eigenvalue weighted by Gasteiger charge is -2.15. The summed E-state index contributed by atoms with van der Waals surface area (Å²) in [5.74, 6) is 0.764. The smallest absolute Gasteiger partial charge is 0.293 e. The fraction of sp³-hybridized carbons (Fsp3) is 0.103. The maximum absolute atomic E-state index is 13.2. The minimum absolute atomic E-state index is 0.214. The zero-order chi connectivity index (χ0) is 26.8. The molecule has 1 heterocycles. The molecular weight excluding hydrogens is 656 g/mol. The second-order valence-electron chi connectivity index (χ2n) is 8.48. The van der Waals surface area contributed by atoms with Crippen LogP contribution in [0.15, 0.2) is 77.7 Å². The number of thioether (sulfide) groups is 1. The standard InChI is InChI=1S/C29H20Cl2INO4S/c1-36-25-13-18(12-24(32)27(25)37-16-17-9-10-22(30)23(31)11-17)14-26-28(34)33(29(35)38-26)15-20-7-4-6-19-5-2-3-8-21(19)20/h2-14H,15-16H2,1H3/b26-14+. The van der Waals surface area contributed by atoms with Gasteiger partial charge in [0.25, 0.3) is 11.1 Å². The van der Waals surface area contributed by atoms with Crippen molar-refractivity contribution in [3.8, 4) is 11.5 Å². The third-order valence-corrected chi connectivity index (χ3v) is 8.45. The van der Waals surface area contributed by atoms with Crippen LogP contribution in [0.2, 0.25) is 10.0 Å². The molecule has 4 aromatic rings. The van der Waals surface area contributed by atoms with E-state index in [-0.39, 0.29) is 24.3 Å². The molecule has 0 N–H and O–H groups in total. The lowest BCUT2D eigenvalue weighted by Crippen LogP contribution is -2.27. The maximum atomic E-state index is 13.2. The third-order valence-electron chi connectivity index (χ3n) is 6.00. The van der Waals surface area contributed by atoms with Crippen LogP contribution in [0.1, 0.15) is 16.7 Å². The van der Waals surface area contributed by atoms with Gasteiger partial charge in [-0.15, -0.1) is 0 Å². The van der Waals surface area contributed by atoms with E-state index in [0.717, 1.165) is 42.8 Å². The van der Waals surface area contributed by atoms with E-state index < -0.39 is 0 Å². The Morgan fingerprint density at radius 3 is 2.55 bits per heavy atom. The Balaban J connectivity index is 1.36. The largest absolute Gasteiger partial charge is 0.493 e. The van der Waals surface area contributed by atoms with Gasteiger partial charge in [0, 0.05) is 0 Å². The van der Waals surface area contributed by atoms with Crippen molar-refractivity contribution in [2.75, 3.05) is 7.11 Å². The van der Waals surface area contributed by atoms with Crippen LogP contribution in [0.3, 0.4) is 0 Å². The number of amides is 2. The van der Waals surface area contributed by atoms with Gasteiger partial charge >= 0.3 is 0 Å². The van der Waals surface area contributed by atoms with Crippen molar-refractivity contribution in [1.82, 2.24) is 4.90 Å². The Bertz CT molecular complexity index is 1600. The van der Waals surface area contributed by atoms with Crippen LogP contribution in [-0.4, -0.2) is 23.2 Å². The quantitative estimate of drug-likeness (QED) is 0.145. The number of nitrogens with zero attached hydrogens (tertiary/aromatic N) is 1. The maximum Gasteiger partial charge on any atom is 0.293 e. The Kier molecular flexibility index (Phi) is 8.18. The van der Waals surface area contributed by atoms with Gasteiger partial charge in [-0.2, -0.15) is 0 Å². The van der Waals surface area contributed by atoms with Gasteiger partial charge in [0.1, 0.15) is 6.61 Å². The first-order valence-electron chi connectivity index (χ1n) is 11.5. The highest BCUT2D eigenvalue weighted by molar-refractivity contribution is 14.1. The number of carbonyl (C=O) groups excluding carboxylic acids is 2. The highest BCUT2D eigenvalue weighted by Gasteiger charge is 2.35. The fourth-order valence-corrected chi connectivity index (χ4v) is 6.08. The van der Waals surface area contributed by atoms with Gasteiger partial charge in [0.2, 0.25) is 0 Å². The second kappa shape index (κ2) is 11.6. The first-order chi connectivity index (χ1) is 18.3. The van der Waals surface area contributed by atoms with Gasteiger partial charge in [0.15, 0.2) is 11.5 Å². The molecule has 0 spiro atoms. The summed E-state index contributed by atoms with van der Waals surface area (Å²) in [5, 5.41) is 2.73. The lowest BCUT2D eigenvalue weighted by molar-refractivity contribution is -0.123. The van der Waals surface area contributed by atoms with Gasteiger partial charge < -0.3 is 9.47 Å². The summed E-state index contributed by atoms with van der Waals surface area (Å²) in [4.78, 5) is 27.7. The summed E-state index contributed by atoms with van der Waals surface area (Å²) in [6.45, 7) is 0.487. The number of imide groups is 1. The predicted molar refractivity (Wildman–Crippen MR) is 162 cm³/mol. The number of hydrogen-bond acceptors (Lipinski definition) is 5. The molecule has 1 aliphatic rings. The molecule has 9 heteroatoms. The van der Waals surface area contributed by atoms with E-state index in [2.05, 4.69) is 22.6 Å². The molecular formula is C29H20Cl2INO4S. The average molecular weight is 676 g/mol. The minimum Gasteiger partial charge on any atom is -0.493 e. The third kappa shape index (κ3) is 5.66. The minimum atomic E-state index is -0.318. The van der Waals surface area contributed by atoms with E-state index in [1.54, 1.807) is 31.4 Å². The molecule has 0 aromatic heterocycles. The van der Waals surface area contributed by atoms with Crippen LogP contribution in [0.4, 0.5) is 4.79 Å². The van der Waals surface area contributed by atoms with Gasteiger partial charge in [-0.3, -0.25) is 14.5 Å². The van der Waals surface area contributed by atoms with Crippen molar-refractivity contribution in [3.63, 3.8) is 0 Å². The van der Waals surface area contributed by atoms with E-state index in [1.165, 1.54) is 4.90 Å². The summed E-state index contributed by atoms with van der Waals surface area (Å²) < 4.78 is 12.4. The topological polar surface area (TPSA) is 55.8 Å². The molecule has 0 saturated carbocycles. The summed E-state index contributed by atoms with van der Waals surface area (Å²) >= 11 is 15.2. The molecule has 1 saturated heterocycles. The molecule has 5 nitrogen and oxygen atoms in total. The Morgan fingerprint density at radius 1 is 0.974 bits per heavy atom. The summed E-state index contributed by atoms with van der Waals surface area (Å²) in [6, 6.07) is 22.8. The SMILES string of the molecule is COc1cc(/C=C2/SC(=O)N(Cc3cccc4ccccc34)C2=O)cc(I)c1OCc1ccc(Cl)c(Cl)c1. The molecule has 5 rings (SSSR count). The average Bonchev–Trinajstić information content (AvgIpc) is 3.17. The summed E-state index contributed by atoms with van der Waals surface area (Å²) in [7, 11) is 1.55. The van der Waals surface area contributed by atoms with Crippen LogP contribution >= 0.6 is 57.6 Å². The number of rotatable bonds is 7. The zero-order valence-electron chi connectivity index (χ0n) is 20.0. The van der Waals surface area contributed by atoms with Gasteiger partial charge in [0.05, 0.1) is 32.2 Å². The zero-order valence-corrected chi connectivity index (χ0v) is 24.5. The van der Waals surface area contributed by atoms with Crippen LogP contribution in [0.25, 0.3) is 16.8 Å². The monoisotopic (exact) mass is 675 g/mol. The van der Waals surface area contributed by atoms with Crippen LogP contribution in [-0.2, 0) is 17.9 Å². The van der Waals surface area contributed by atoms with E-state index in [1.807, 2.05) is 54.6 Å². The molecule has 192 valence electrons. The predicted octanol–water partition coefficient (Wildman–Crippen LogP) is 8.58. The van der Waals surface area contributed by atoms with Crippen LogP contribution in [0.5, 0.6) is 11.5 Å². The molecule has 0 bridgehead atoms. The molecule has 0 unspecified atom stereocenters. The van der Waals surface area contributed by atoms with Crippen molar-refractivity contribution >= 4 is 85.5 Å². The summed E-state index contributed by atoms with van der Waals surface area (Å²) in [5.41, 5.74) is 2.51. The van der Waals surface area contributed by atoms with Gasteiger partial charge in [-0.1, -0.05) is 71.7 Å². The molecule has 1 fully saturated rings. The Labute approximate surface area is 247 Å². The lowest BCUT2D eigenvalue weighted by atomic mass is 10.0. The first kappa shape index (κ1) is 26.9. The molecule has 0 atom stereocenters. The highest BCUT2D eigenvalue weighted by Crippen LogP contribution is 2.38. The number of fused-ring (bicyclic) bond motifs is 1. The highest BCUT2D eigenvalue weighted by atomic mass is 127. The first-order valence-corrected chi connectivity index (χ1v) is 14.2. The second-order valence-corrected chi connectivity index (χ2v) is 11.4. The number of carbonyl (C=O) groups is 2. The molecule has 4 aromatic carbocycles. The molecule has 0 radical (unpaired) electrons. The normalized spacial score (nSPS) is 14.5. The fourth-order valence-electron chi connectivity index (χ4n) is 4.14. The number of benzene rings is 4. The summed E-state index contributed by atoms with van der Waals surface area (Å²) in [6.07, 6.45) is 1.71. The Hall–Kier alpha value is -2.72. The number of methoxy groups -OCH3 is 1. The molecule has 0 aliphatic carbocycles. The van der Waals surface area contributed by atoms with E-state index in [9.17, 15) is 9.59 Å². The Morgan fingerprint density at radius 2 is 1.76 bits per heavy atom. The van der Waals surface area contributed by atoms with Gasteiger partial charge in [-0.05, 0) is 92.2 Å². The van der Waals surface area contributed by atoms with Crippen LogP contribution < -0.4 is 9.47 Å². The van der Waals surface area contributed by atoms with Crippen molar-refractivity contribution in [3.05, 3.63) is 108 Å². The van der Waals surface area contributed by atoms with Crippen molar-refractivity contribution in [2.24, 2.45) is 0 Å². The molecule has 1 aliphatic heterocycles. The number of ether oxygens (including phenoxy) is 2. The van der Waals surface area contributed by atoms with Crippen molar-refractivity contribution < 1.29 is 19.1 Å². The van der Waals surface area contributed by atoms with E-state index in [4.69, 9.17) is 32.7 Å². The van der Waals surface area contributed by atoms with Gasteiger partial charge in [-0.25, -0.2) is 0 Å².